The van der Waals surface area contributed by atoms with Gasteiger partial charge in [-0.05, 0) is 35.9 Å². The molecule has 0 unspecified atom stereocenters. The van der Waals surface area contributed by atoms with E-state index in [0.717, 1.165) is 5.56 Å². The van der Waals surface area contributed by atoms with Gasteiger partial charge in [-0.2, -0.15) is 0 Å². The molecular formula is C16H11ClO3. The molecule has 4 heteroatoms. The second-order valence-electron chi connectivity index (χ2n) is 4.34. The van der Waals surface area contributed by atoms with Crippen molar-refractivity contribution in [2.24, 2.45) is 0 Å². The largest absolute Gasteiger partial charge is 0.485 e. The van der Waals surface area contributed by atoms with E-state index in [-0.39, 0.29) is 6.61 Å². The van der Waals surface area contributed by atoms with Gasteiger partial charge in [-0.1, -0.05) is 35.9 Å². The van der Waals surface area contributed by atoms with Gasteiger partial charge in [0.2, 0.25) is 0 Å². The Balaban J connectivity index is 1.90. The zero-order valence-electron chi connectivity index (χ0n) is 10.5. The molecule has 1 aliphatic rings. The molecule has 0 spiro atoms. The molecule has 3 rings (SSSR count). The fraction of sp³-hybridized carbons (Fsp3) is 0.0625. The van der Waals surface area contributed by atoms with Crippen LogP contribution in [0.2, 0.25) is 5.02 Å². The average molecular weight is 287 g/mol. The van der Waals surface area contributed by atoms with Crippen molar-refractivity contribution in [3.63, 3.8) is 0 Å². The Morgan fingerprint density at radius 3 is 2.80 bits per heavy atom. The van der Waals surface area contributed by atoms with E-state index in [1.165, 1.54) is 0 Å². The summed E-state index contributed by atoms with van der Waals surface area (Å²) < 4.78 is 10.9. The van der Waals surface area contributed by atoms with Crippen molar-refractivity contribution < 1.29 is 14.3 Å². The summed E-state index contributed by atoms with van der Waals surface area (Å²) in [4.78, 5) is 12.0. The van der Waals surface area contributed by atoms with Gasteiger partial charge in [-0.3, -0.25) is 0 Å². The number of rotatable bonds is 1. The van der Waals surface area contributed by atoms with Crippen molar-refractivity contribution in [3.8, 4) is 5.75 Å². The molecule has 0 aromatic heterocycles. The van der Waals surface area contributed by atoms with Crippen LogP contribution in [0.15, 0.2) is 54.3 Å². The molecule has 0 fully saturated rings. The third-order valence-corrected chi connectivity index (χ3v) is 3.11. The minimum Gasteiger partial charge on any atom is -0.485 e. The minimum atomic E-state index is -0.411. The van der Waals surface area contributed by atoms with Crippen LogP contribution >= 0.6 is 11.6 Å². The Hall–Kier alpha value is -2.26. The van der Waals surface area contributed by atoms with Crippen molar-refractivity contribution in [2.45, 2.75) is 0 Å². The molecule has 2 aromatic carbocycles. The topological polar surface area (TPSA) is 35.5 Å². The van der Waals surface area contributed by atoms with Crippen LogP contribution in [0.1, 0.15) is 15.9 Å². The van der Waals surface area contributed by atoms with Crippen molar-refractivity contribution in [2.75, 3.05) is 6.61 Å². The number of hydrogen-bond donors (Lipinski definition) is 0. The zero-order valence-corrected chi connectivity index (χ0v) is 11.3. The van der Waals surface area contributed by atoms with Gasteiger partial charge in [0.1, 0.15) is 23.7 Å². The number of hydrogen-bond acceptors (Lipinski definition) is 3. The van der Waals surface area contributed by atoms with Crippen molar-refractivity contribution in [3.05, 3.63) is 70.4 Å². The predicted octanol–water partition coefficient (Wildman–Crippen LogP) is 3.93. The highest BCUT2D eigenvalue weighted by atomic mass is 35.5. The van der Waals surface area contributed by atoms with Gasteiger partial charge < -0.3 is 9.47 Å². The fourth-order valence-corrected chi connectivity index (χ4v) is 2.17. The monoisotopic (exact) mass is 286 g/mol. The maximum Gasteiger partial charge on any atom is 0.347 e. The van der Waals surface area contributed by atoms with Crippen LogP contribution in [0.3, 0.4) is 0 Å². The van der Waals surface area contributed by atoms with Gasteiger partial charge in [0.05, 0.1) is 0 Å². The normalized spacial score (nSPS) is 16.1. The first-order chi connectivity index (χ1) is 9.72. The maximum absolute atomic E-state index is 12.0. The molecule has 0 saturated heterocycles. The second-order valence-corrected chi connectivity index (χ2v) is 4.78. The molecule has 0 bridgehead atoms. The van der Waals surface area contributed by atoms with Crippen LogP contribution in [-0.2, 0) is 4.74 Å². The summed E-state index contributed by atoms with van der Waals surface area (Å²) in [5.74, 6) is 0.576. The second kappa shape index (κ2) is 5.39. The summed E-state index contributed by atoms with van der Waals surface area (Å²) in [5, 5.41) is 0.628. The van der Waals surface area contributed by atoms with Crippen molar-refractivity contribution in [1.82, 2.24) is 0 Å². The van der Waals surface area contributed by atoms with E-state index in [1.807, 2.05) is 18.2 Å². The summed E-state index contributed by atoms with van der Waals surface area (Å²) in [6.07, 6.45) is 1.75. The van der Waals surface area contributed by atoms with E-state index in [0.29, 0.717) is 22.1 Å². The predicted molar refractivity (Wildman–Crippen MR) is 76.8 cm³/mol. The van der Waals surface area contributed by atoms with E-state index in [4.69, 9.17) is 21.1 Å². The molecule has 2 aromatic rings. The van der Waals surface area contributed by atoms with Crippen LogP contribution in [0.4, 0.5) is 0 Å². The number of fused-ring (bicyclic) bond motifs is 1. The molecule has 0 saturated carbocycles. The van der Waals surface area contributed by atoms with Gasteiger partial charge >= 0.3 is 5.97 Å². The molecule has 1 heterocycles. The van der Waals surface area contributed by atoms with Crippen LogP contribution in [0.5, 0.6) is 5.75 Å². The summed E-state index contributed by atoms with van der Waals surface area (Å²) in [6.45, 7) is 0.204. The number of ether oxygens (including phenoxy) is 2. The highest BCUT2D eigenvalue weighted by Gasteiger charge is 2.20. The van der Waals surface area contributed by atoms with Crippen molar-refractivity contribution >= 4 is 23.6 Å². The lowest BCUT2D eigenvalue weighted by molar-refractivity contribution is 0.0621. The Bertz CT molecular complexity index is 692. The van der Waals surface area contributed by atoms with E-state index in [2.05, 4.69) is 0 Å². The molecule has 0 N–H and O–H groups in total. The quantitative estimate of drug-likeness (QED) is 0.745. The highest BCUT2D eigenvalue weighted by Crippen LogP contribution is 2.25. The van der Waals surface area contributed by atoms with E-state index in [9.17, 15) is 4.79 Å². The van der Waals surface area contributed by atoms with Gasteiger partial charge in [0.15, 0.2) is 0 Å². The van der Waals surface area contributed by atoms with Gasteiger partial charge in [0.25, 0.3) is 0 Å². The van der Waals surface area contributed by atoms with E-state index < -0.39 is 5.97 Å². The number of halogens is 1. The lowest BCUT2D eigenvalue weighted by atomic mass is 10.2. The Morgan fingerprint density at radius 1 is 1.10 bits per heavy atom. The lowest BCUT2D eigenvalue weighted by Gasteiger charge is -2.04. The summed E-state index contributed by atoms with van der Waals surface area (Å²) in [5.41, 5.74) is 1.29. The van der Waals surface area contributed by atoms with E-state index >= 15 is 0 Å². The molecule has 0 aliphatic carbocycles. The van der Waals surface area contributed by atoms with E-state index in [1.54, 1.807) is 36.4 Å². The number of cyclic esters (lactones) is 1. The smallest absolute Gasteiger partial charge is 0.347 e. The average Bonchev–Trinajstić information content (AvgIpc) is 2.59. The molecule has 20 heavy (non-hydrogen) atoms. The number of benzene rings is 2. The molecule has 0 atom stereocenters. The zero-order chi connectivity index (χ0) is 13.9. The van der Waals surface area contributed by atoms with Crippen LogP contribution in [-0.4, -0.2) is 12.6 Å². The molecule has 0 amide bonds. The number of carbonyl (C=O) groups excluding carboxylic acids is 1. The van der Waals surface area contributed by atoms with Gasteiger partial charge in [-0.15, -0.1) is 0 Å². The fourth-order valence-electron chi connectivity index (χ4n) is 1.97. The molecular weight excluding hydrogens is 276 g/mol. The standard InChI is InChI=1S/C16H11ClO3/c17-12-5-3-4-11(8-12)9-13-10-19-15-7-2-1-6-14(15)16(18)20-13/h1-9H,10H2/b13-9-. The molecule has 0 radical (unpaired) electrons. The first-order valence-electron chi connectivity index (χ1n) is 6.12. The van der Waals surface area contributed by atoms with Crippen LogP contribution in [0.25, 0.3) is 6.08 Å². The number of carbonyl (C=O) groups is 1. The Kier molecular flexibility index (Phi) is 3.44. The van der Waals surface area contributed by atoms with Gasteiger partial charge in [-0.25, -0.2) is 4.79 Å². The maximum atomic E-state index is 12.0. The third-order valence-electron chi connectivity index (χ3n) is 2.88. The third kappa shape index (κ3) is 2.68. The Labute approximate surface area is 121 Å². The van der Waals surface area contributed by atoms with Gasteiger partial charge in [0, 0.05) is 5.02 Å². The van der Waals surface area contributed by atoms with Crippen molar-refractivity contribution in [1.29, 1.82) is 0 Å². The molecule has 3 nitrogen and oxygen atoms in total. The first kappa shape index (κ1) is 12.8. The minimum absolute atomic E-state index is 0.204. The number of para-hydroxylation sites is 1. The molecule has 1 aliphatic heterocycles. The molecule has 100 valence electrons. The highest BCUT2D eigenvalue weighted by molar-refractivity contribution is 6.30. The summed E-state index contributed by atoms with van der Waals surface area (Å²) in [6, 6.07) is 14.3. The summed E-state index contributed by atoms with van der Waals surface area (Å²) in [7, 11) is 0. The summed E-state index contributed by atoms with van der Waals surface area (Å²) >= 11 is 5.93. The Morgan fingerprint density at radius 2 is 1.95 bits per heavy atom. The lowest BCUT2D eigenvalue weighted by Crippen LogP contribution is -2.04. The van der Waals surface area contributed by atoms with Crippen LogP contribution in [0, 0.1) is 0 Å². The number of esters is 1. The first-order valence-corrected chi connectivity index (χ1v) is 6.50. The van der Waals surface area contributed by atoms with Crippen LogP contribution < -0.4 is 4.74 Å². The SMILES string of the molecule is O=C1O/C(=C\c2cccc(Cl)c2)COc2ccccc21.